The number of nitrogens with zero attached hydrogens (tertiary/aromatic N) is 1. The van der Waals surface area contributed by atoms with E-state index in [2.05, 4.69) is 37.3 Å². The van der Waals surface area contributed by atoms with Crippen molar-refractivity contribution in [1.29, 1.82) is 0 Å². The lowest BCUT2D eigenvalue weighted by atomic mass is 9.86. The van der Waals surface area contributed by atoms with Crippen LogP contribution in [0, 0.1) is 13.8 Å². The normalized spacial score (nSPS) is 12.8. The van der Waals surface area contributed by atoms with Crippen molar-refractivity contribution in [2.45, 2.75) is 53.1 Å². The molecule has 1 aliphatic rings. The van der Waals surface area contributed by atoms with Gasteiger partial charge in [0.25, 0.3) is 0 Å². The Balaban J connectivity index is 0.000000499. The molecule has 0 saturated carbocycles. The molecule has 0 unspecified atom stereocenters. The quantitative estimate of drug-likeness (QED) is 0.394. The second-order valence-corrected chi connectivity index (χ2v) is 9.92. The van der Waals surface area contributed by atoms with Crippen LogP contribution in [0.25, 0.3) is 32.8 Å². The number of hydrogen-bond donors (Lipinski definition) is 2. The van der Waals surface area contributed by atoms with Gasteiger partial charge in [-0.2, -0.15) is 0 Å². The van der Waals surface area contributed by atoms with Gasteiger partial charge in [0.05, 0.1) is 24.1 Å². The Morgan fingerprint density at radius 1 is 1.09 bits per heavy atom. The van der Waals surface area contributed by atoms with E-state index in [1.807, 2.05) is 25.3 Å². The highest BCUT2D eigenvalue weighted by Crippen LogP contribution is 2.42. The molecule has 5 heteroatoms. The Morgan fingerprint density at radius 2 is 1.82 bits per heavy atom. The summed E-state index contributed by atoms with van der Waals surface area (Å²) in [5.74, 6) is 0.0198. The van der Waals surface area contributed by atoms with Gasteiger partial charge in [-0.3, -0.25) is 9.78 Å². The van der Waals surface area contributed by atoms with Crippen molar-refractivity contribution in [2.24, 2.45) is 0 Å². The van der Waals surface area contributed by atoms with Gasteiger partial charge in [0.2, 0.25) is 0 Å². The average molecular weight is 458 g/mol. The molecule has 5 rings (SSSR count). The Kier molecular flexibility index (Phi) is 6.32. The minimum atomic E-state index is -0.833. The smallest absolute Gasteiger partial charge is 0.307 e. The van der Waals surface area contributed by atoms with Gasteiger partial charge < -0.3 is 14.9 Å². The molecule has 0 fully saturated rings. The lowest BCUT2D eigenvalue weighted by Gasteiger charge is -2.22. The average Bonchev–Trinajstić information content (AvgIpc) is 2.74. The van der Waals surface area contributed by atoms with Gasteiger partial charge in [0.15, 0.2) is 0 Å². The number of hydrogen-bond acceptors (Lipinski definition) is 4. The van der Waals surface area contributed by atoms with Gasteiger partial charge in [0, 0.05) is 23.6 Å². The molecule has 1 aromatic heterocycles. The van der Waals surface area contributed by atoms with E-state index < -0.39 is 11.6 Å². The second kappa shape index (κ2) is 9.07. The zero-order chi connectivity index (χ0) is 24.6. The van der Waals surface area contributed by atoms with E-state index in [1.165, 1.54) is 5.56 Å². The fourth-order valence-electron chi connectivity index (χ4n) is 4.48. The zero-order valence-corrected chi connectivity index (χ0v) is 20.4. The van der Waals surface area contributed by atoms with Crippen LogP contribution in [-0.2, 0) is 17.6 Å². The van der Waals surface area contributed by atoms with E-state index >= 15 is 0 Å². The number of aromatic nitrogens is 1. The lowest BCUT2D eigenvalue weighted by molar-refractivity contribution is -0.136. The summed E-state index contributed by atoms with van der Waals surface area (Å²) in [7, 11) is 0. The number of aryl methyl sites for hydroxylation is 2. The number of aliphatic carboxylic acids is 1. The Morgan fingerprint density at radius 3 is 2.53 bits per heavy atom. The maximum atomic E-state index is 11.7. The first-order chi connectivity index (χ1) is 16.0. The van der Waals surface area contributed by atoms with Crippen LogP contribution < -0.4 is 4.74 Å². The third kappa shape index (κ3) is 4.90. The number of pyridine rings is 1. The van der Waals surface area contributed by atoms with Gasteiger partial charge in [-0.1, -0.05) is 29.8 Å². The van der Waals surface area contributed by atoms with Crippen LogP contribution in [0.5, 0.6) is 5.75 Å². The second-order valence-electron chi connectivity index (χ2n) is 9.92. The molecule has 0 bridgehead atoms. The van der Waals surface area contributed by atoms with Crippen LogP contribution in [0.3, 0.4) is 0 Å². The first-order valence-electron chi connectivity index (χ1n) is 11.5. The summed E-state index contributed by atoms with van der Waals surface area (Å²) < 4.78 is 5.88. The van der Waals surface area contributed by atoms with Crippen LogP contribution in [-0.4, -0.2) is 33.4 Å². The molecule has 3 aromatic carbocycles. The number of fused-ring (bicyclic) bond motifs is 1. The Labute approximate surface area is 200 Å². The zero-order valence-electron chi connectivity index (χ0n) is 20.4. The number of rotatable bonds is 3. The molecule has 0 aliphatic carbocycles. The minimum absolute atomic E-state index is 0.0233. The number of benzene rings is 3. The van der Waals surface area contributed by atoms with Crippen LogP contribution in [0.4, 0.5) is 0 Å². The number of aliphatic hydroxyl groups is 1. The number of carboxylic acid groups (broad SMARTS) is 1. The van der Waals surface area contributed by atoms with Crippen molar-refractivity contribution < 1.29 is 19.7 Å². The molecule has 176 valence electrons. The van der Waals surface area contributed by atoms with Gasteiger partial charge in [-0.15, -0.1) is 0 Å². The molecule has 0 spiro atoms. The minimum Gasteiger partial charge on any atom is -0.493 e. The monoisotopic (exact) mass is 457 g/mol. The number of carbonyl (C=O) groups is 1. The van der Waals surface area contributed by atoms with E-state index in [0.717, 1.165) is 61.7 Å². The molecule has 5 nitrogen and oxygen atoms in total. The molecule has 34 heavy (non-hydrogen) atoms. The standard InChI is InChI=1S/C25H21NO3.C4H10O/c1-14-3-4-17-12-15(2)19(13-22(27)28)24(20(17)11-14)18-5-6-21-23-16(8-10-29-21)7-9-26-25(18)23;1-4(2,3)5/h3-7,9,11-12H,8,10,13H2,1-2H3,(H,27,28);5H,1-3H3. The maximum Gasteiger partial charge on any atom is 0.307 e. The molecule has 2 N–H and O–H groups in total. The first-order valence-corrected chi connectivity index (χ1v) is 11.5. The van der Waals surface area contributed by atoms with Gasteiger partial charge in [-0.25, -0.2) is 0 Å². The van der Waals surface area contributed by atoms with Crippen molar-refractivity contribution >= 4 is 27.6 Å². The summed E-state index contributed by atoms with van der Waals surface area (Å²) in [5, 5.41) is 21.3. The van der Waals surface area contributed by atoms with Gasteiger partial charge in [-0.05, 0) is 85.8 Å². The molecule has 0 atom stereocenters. The molecular weight excluding hydrogens is 426 g/mol. The fourth-order valence-corrected chi connectivity index (χ4v) is 4.48. The fraction of sp³-hybridized carbons (Fsp3) is 0.310. The van der Waals surface area contributed by atoms with E-state index in [1.54, 1.807) is 20.8 Å². The summed E-state index contributed by atoms with van der Waals surface area (Å²) in [4.78, 5) is 16.4. The van der Waals surface area contributed by atoms with Crippen molar-refractivity contribution in [1.82, 2.24) is 4.98 Å². The predicted molar refractivity (Wildman–Crippen MR) is 137 cm³/mol. The molecule has 0 radical (unpaired) electrons. The summed E-state index contributed by atoms with van der Waals surface area (Å²) in [6.45, 7) is 9.95. The third-order valence-electron chi connectivity index (χ3n) is 5.79. The van der Waals surface area contributed by atoms with Crippen molar-refractivity contribution in [3.8, 4) is 16.9 Å². The molecule has 0 amide bonds. The lowest BCUT2D eigenvalue weighted by Crippen LogP contribution is -2.10. The van der Waals surface area contributed by atoms with Crippen LogP contribution in [0.15, 0.2) is 48.7 Å². The molecule has 0 saturated heterocycles. The summed E-state index contributed by atoms with van der Waals surface area (Å²) in [6, 6.07) is 14.5. The number of ether oxygens (including phenoxy) is 1. The van der Waals surface area contributed by atoms with E-state index in [9.17, 15) is 9.90 Å². The van der Waals surface area contributed by atoms with Crippen LogP contribution >= 0.6 is 0 Å². The Hall–Kier alpha value is -3.44. The van der Waals surface area contributed by atoms with Crippen molar-refractivity contribution in [3.63, 3.8) is 0 Å². The van der Waals surface area contributed by atoms with Crippen LogP contribution in [0.1, 0.15) is 43.0 Å². The summed E-state index contributed by atoms with van der Waals surface area (Å²) >= 11 is 0. The maximum absolute atomic E-state index is 11.7. The highest BCUT2D eigenvalue weighted by Gasteiger charge is 2.22. The van der Waals surface area contributed by atoms with Crippen molar-refractivity contribution in [3.05, 3.63) is 70.9 Å². The number of carboxylic acids is 1. The first kappa shape index (κ1) is 23.7. The molecule has 2 heterocycles. The van der Waals surface area contributed by atoms with E-state index in [-0.39, 0.29) is 6.42 Å². The molecule has 1 aliphatic heterocycles. The Bertz CT molecular complexity index is 1380. The third-order valence-corrected chi connectivity index (χ3v) is 5.79. The summed E-state index contributed by atoms with van der Waals surface area (Å²) in [6.07, 6.45) is 2.67. The molecule has 4 aromatic rings. The topological polar surface area (TPSA) is 79.7 Å². The van der Waals surface area contributed by atoms with E-state index in [0.29, 0.717) is 6.61 Å². The van der Waals surface area contributed by atoms with E-state index in [4.69, 9.17) is 14.8 Å². The predicted octanol–water partition coefficient (Wildman–Crippen LogP) is 6.01. The largest absolute Gasteiger partial charge is 0.493 e. The molecular formula is C29H31NO4. The van der Waals surface area contributed by atoms with Crippen molar-refractivity contribution in [2.75, 3.05) is 6.61 Å². The van der Waals surface area contributed by atoms with Gasteiger partial charge >= 0.3 is 5.97 Å². The highest BCUT2D eigenvalue weighted by molar-refractivity contribution is 6.08. The highest BCUT2D eigenvalue weighted by atomic mass is 16.5. The summed E-state index contributed by atoms with van der Waals surface area (Å²) in [5.41, 5.74) is 6.50. The van der Waals surface area contributed by atoms with Crippen LogP contribution in [0.2, 0.25) is 0 Å². The SMILES string of the molecule is CC(C)(C)O.Cc1ccc2cc(C)c(CC(=O)O)c(-c3ccc4c5c(ccnc35)CCO4)c2c1. The van der Waals surface area contributed by atoms with Gasteiger partial charge in [0.1, 0.15) is 5.75 Å².